The van der Waals surface area contributed by atoms with E-state index in [1.54, 1.807) is 6.92 Å². The van der Waals surface area contributed by atoms with Gasteiger partial charge in [0.05, 0.1) is 0 Å². The van der Waals surface area contributed by atoms with Gasteiger partial charge in [-0.1, -0.05) is 0 Å². The number of aliphatic carboxylic acids is 1. The number of carboxylic acids is 1. The maximum atomic E-state index is 10.6. The van der Waals surface area contributed by atoms with Crippen molar-refractivity contribution in [3.63, 3.8) is 0 Å². The lowest BCUT2D eigenvalue weighted by Crippen LogP contribution is -2.45. The summed E-state index contributed by atoms with van der Waals surface area (Å²) >= 11 is 0. The molecule has 2 N–H and O–H groups in total. The Hall–Kier alpha value is -0.650. The second kappa shape index (κ2) is 6.83. The molecule has 16 heavy (non-hydrogen) atoms. The molecule has 0 aromatic rings. The van der Waals surface area contributed by atoms with Crippen LogP contribution in [0.2, 0.25) is 0 Å². The van der Waals surface area contributed by atoms with E-state index in [1.807, 2.05) is 0 Å². The van der Waals surface area contributed by atoms with Crippen LogP contribution in [0.15, 0.2) is 0 Å². The van der Waals surface area contributed by atoms with Gasteiger partial charge in [-0.15, -0.1) is 0 Å². The van der Waals surface area contributed by atoms with E-state index >= 15 is 0 Å². The fourth-order valence-corrected chi connectivity index (χ4v) is 1.78. The third-order valence-electron chi connectivity index (χ3n) is 3.07. The minimum absolute atomic E-state index is 0.438. The Bertz CT molecular complexity index is 215. The van der Waals surface area contributed by atoms with E-state index in [0.717, 1.165) is 45.7 Å². The highest BCUT2D eigenvalue weighted by molar-refractivity contribution is 5.72. The van der Waals surface area contributed by atoms with Crippen LogP contribution in [-0.2, 0) is 4.79 Å². The molecule has 0 bridgehead atoms. The first-order valence-corrected chi connectivity index (χ1v) is 5.96. The van der Waals surface area contributed by atoms with Crippen LogP contribution in [0.3, 0.4) is 0 Å². The largest absolute Gasteiger partial charge is 0.480 e. The summed E-state index contributed by atoms with van der Waals surface area (Å²) in [4.78, 5) is 15.3. The molecule has 5 nitrogen and oxygen atoms in total. The van der Waals surface area contributed by atoms with Crippen molar-refractivity contribution in [2.45, 2.75) is 19.4 Å². The van der Waals surface area contributed by atoms with Gasteiger partial charge in [0.15, 0.2) is 0 Å². The van der Waals surface area contributed by atoms with Crippen LogP contribution in [-0.4, -0.2) is 73.2 Å². The summed E-state index contributed by atoms with van der Waals surface area (Å²) in [5.41, 5.74) is 0. The number of rotatable bonds is 6. The number of carboxylic acid groups (broad SMARTS) is 1. The van der Waals surface area contributed by atoms with Gasteiger partial charge in [-0.3, -0.25) is 4.79 Å². The Kier molecular flexibility index (Phi) is 5.73. The van der Waals surface area contributed by atoms with E-state index < -0.39 is 12.0 Å². The summed E-state index contributed by atoms with van der Waals surface area (Å²) in [7, 11) is 2.15. The van der Waals surface area contributed by atoms with Crippen molar-refractivity contribution in [3.8, 4) is 0 Å². The molecule has 1 fully saturated rings. The predicted molar refractivity (Wildman–Crippen MR) is 63.7 cm³/mol. The van der Waals surface area contributed by atoms with Gasteiger partial charge in [0, 0.05) is 26.2 Å². The van der Waals surface area contributed by atoms with E-state index in [1.165, 1.54) is 0 Å². The molecule has 0 aromatic carbocycles. The molecule has 1 unspecified atom stereocenters. The van der Waals surface area contributed by atoms with Gasteiger partial charge < -0.3 is 20.2 Å². The maximum absolute atomic E-state index is 10.6. The normalized spacial score (nSPS) is 20.9. The Balaban J connectivity index is 2.01. The molecule has 1 aliphatic heterocycles. The highest BCUT2D eigenvalue weighted by atomic mass is 16.4. The first-order valence-electron chi connectivity index (χ1n) is 5.96. The minimum Gasteiger partial charge on any atom is -0.480 e. The van der Waals surface area contributed by atoms with Crippen LogP contribution < -0.4 is 5.32 Å². The minimum atomic E-state index is -0.778. The Morgan fingerprint density at radius 3 is 2.56 bits per heavy atom. The van der Waals surface area contributed by atoms with Crippen molar-refractivity contribution >= 4 is 5.97 Å². The van der Waals surface area contributed by atoms with Crippen molar-refractivity contribution in [3.05, 3.63) is 0 Å². The lowest BCUT2D eigenvalue weighted by Gasteiger charge is -2.32. The summed E-state index contributed by atoms with van der Waals surface area (Å²) < 4.78 is 0. The summed E-state index contributed by atoms with van der Waals surface area (Å²) in [6.07, 6.45) is 1.02. The molecule has 94 valence electrons. The van der Waals surface area contributed by atoms with Crippen molar-refractivity contribution in [1.29, 1.82) is 0 Å². The molecule has 0 spiro atoms. The van der Waals surface area contributed by atoms with Crippen molar-refractivity contribution in [1.82, 2.24) is 15.1 Å². The van der Waals surface area contributed by atoms with Gasteiger partial charge in [0.25, 0.3) is 0 Å². The first-order chi connectivity index (χ1) is 7.59. The topological polar surface area (TPSA) is 55.8 Å². The molecule has 0 aliphatic carbocycles. The van der Waals surface area contributed by atoms with E-state index in [-0.39, 0.29) is 0 Å². The van der Waals surface area contributed by atoms with Crippen molar-refractivity contribution in [2.75, 3.05) is 46.3 Å². The molecule has 0 radical (unpaired) electrons. The van der Waals surface area contributed by atoms with Crippen LogP contribution in [0.25, 0.3) is 0 Å². The number of nitrogens with one attached hydrogen (secondary N) is 1. The van der Waals surface area contributed by atoms with Gasteiger partial charge in [-0.2, -0.15) is 0 Å². The Labute approximate surface area is 97.4 Å². The molecule has 1 heterocycles. The van der Waals surface area contributed by atoms with Gasteiger partial charge in [0.1, 0.15) is 6.04 Å². The molecule has 0 saturated carbocycles. The first kappa shape index (κ1) is 13.4. The van der Waals surface area contributed by atoms with Gasteiger partial charge in [-0.25, -0.2) is 0 Å². The quantitative estimate of drug-likeness (QED) is 0.612. The summed E-state index contributed by atoms with van der Waals surface area (Å²) in [6.45, 7) is 8.05. The van der Waals surface area contributed by atoms with E-state index in [0.29, 0.717) is 0 Å². The van der Waals surface area contributed by atoms with Crippen LogP contribution in [0.5, 0.6) is 0 Å². The van der Waals surface area contributed by atoms with Crippen LogP contribution >= 0.6 is 0 Å². The fourth-order valence-electron chi connectivity index (χ4n) is 1.78. The standard InChI is InChI=1S/C11H23N3O2/c1-10(11(15)16)12-4-3-5-14-8-6-13(2)7-9-14/h10,12H,3-9H2,1-2H3,(H,15,16). The monoisotopic (exact) mass is 229 g/mol. The SMILES string of the molecule is CC(NCCCN1CCN(C)CC1)C(=O)O. The smallest absolute Gasteiger partial charge is 0.320 e. The number of carbonyl (C=O) groups is 1. The molecule has 5 heteroatoms. The number of hydrogen-bond acceptors (Lipinski definition) is 4. The highest BCUT2D eigenvalue weighted by Crippen LogP contribution is 1.99. The Morgan fingerprint density at radius 2 is 2.00 bits per heavy atom. The predicted octanol–water partition coefficient (Wildman–Crippen LogP) is -0.313. The third kappa shape index (κ3) is 4.92. The molecular weight excluding hydrogens is 206 g/mol. The lowest BCUT2D eigenvalue weighted by atomic mass is 10.3. The number of nitrogens with zero attached hydrogens (tertiary/aromatic N) is 2. The summed E-state index contributed by atoms with van der Waals surface area (Å²) in [5, 5.41) is 11.7. The summed E-state index contributed by atoms with van der Waals surface area (Å²) in [6, 6.07) is -0.438. The summed E-state index contributed by atoms with van der Waals surface area (Å²) in [5.74, 6) is -0.778. The van der Waals surface area contributed by atoms with Crippen LogP contribution in [0.4, 0.5) is 0 Å². The van der Waals surface area contributed by atoms with Gasteiger partial charge >= 0.3 is 5.97 Å². The molecule has 1 rings (SSSR count). The van der Waals surface area contributed by atoms with Crippen molar-refractivity contribution in [2.24, 2.45) is 0 Å². The number of likely N-dealkylation sites (N-methyl/N-ethyl adjacent to an activating group) is 1. The van der Waals surface area contributed by atoms with E-state index in [9.17, 15) is 4.79 Å². The second-order valence-electron chi connectivity index (χ2n) is 4.51. The molecular formula is C11H23N3O2. The lowest BCUT2D eigenvalue weighted by molar-refractivity contribution is -0.138. The zero-order valence-corrected chi connectivity index (χ0v) is 10.3. The van der Waals surface area contributed by atoms with Crippen LogP contribution in [0, 0.1) is 0 Å². The fraction of sp³-hybridized carbons (Fsp3) is 0.909. The van der Waals surface area contributed by atoms with Crippen LogP contribution in [0.1, 0.15) is 13.3 Å². The maximum Gasteiger partial charge on any atom is 0.320 e. The Morgan fingerprint density at radius 1 is 1.38 bits per heavy atom. The molecule has 0 amide bonds. The zero-order valence-electron chi connectivity index (χ0n) is 10.3. The van der Waals surface area contributed by atoms with E-state index in [2.05, 4.69) is 22.2 Å². The molecule has 1 atom stereocenters. The average molecular weight is 229 g/mol. The van der Waals surface area contributed by atoms with Crippen molar-refractivity contribution < 1.29 is 9.90 Å². The van der Waals surface area contributed by atoms with Gasteiger partial charge in [-0.05, 0) is 33.5 Å². The van der Waals surface area contributed by atoms with E-state index in [4.69, 9.17) is 5.11 Å². The average Bonchev–Trinajstić information content (AvgIpc) is 2.26. The molecule has 0 aromatic heterocycles. The highest BCUT2D eigenvalue weighted by Gasteiger charge is 2.13. The number of piperazine rings is 1. The van der Waals surface area contributed by atoms with Gasteiger partial charge in [0.2, 0.25) is 0 Å². The third-order valence-corrected chi connectivity index (χ3v) is 3.07. The molecule has 1 aliphatic rings. The second-order valence-corrected chi connectivity index (χ2v) is 4.51. The zero-order chi connectivity index (χ0) is 12.0. The molecule has 1 saturated heterocycles. The number of hydrogen-bond donors (Lipinski definition) is 2.